The van der Waals surface area contributed by atoms with Crippen LogP contribution in [-0.4, -0.2) is 21.9 Å². The first kappa shape index (κ1) is 20.6. The van der Waals surface area contributed by atoms with Crippen molar-refractivity contribution < 1.29 is 4.79 Å². The summed E-state index contributed by atoms with van der Waals surface area (Å²) in [4.78, 5) is 15.6. The van der Waals surface area contributed by atoms with Crippen LogP contribution in [0.1, 0.15) is 53.4 Å². The molecule has 3 nitrogen and oxygen atoms in total. The molecule has 1 aromatic heterocycles. The smallest absolute Gasteiger partial charge is 0.255 e. The second kappa shape index (κ2) is 7.98. The molecule has 0 bridgehead atoms. The highest BCUT2D eigenvalue weighted by Crippen LogP contribution is 2.46. The number of fused-ring (bicyclic) bond motifs is 2. The second-order valence-electron chi connectivity index (χ2n) is 9.38. The third-order valence-electron chi connectivity index (χ3n) is 6.75. The van der Waals surface area contributed by atoms with E-state index < -0.39 is 0 Å². The van der Waals surface area contributed by atoms with E-state index in [0.717, 1.165) is 24.1 Å². The largest absolute Gasteiger partial charge is 0.343 e. The van der Waals surface area contributed by atoms with Gasteiger partial charge in [-0.05, 0) is 42.5 Å². The van der Waals surface area contributed by atoms with E-state index in [1.807, 2.05) is 12.1 Å². The molecule has 0 N–H and O–H groups in total. The summed E-state index contributed by atoms with van der Waals surface area (Å²) in [5.41, 5.74) is 8.00. The first-order chi connectivity index (χ1) is 15.5. The highest BCUT2D eigenvalue weighted by molar-refractivity contribution is 6.02. The summed E-state index contributed by atoms with van der Waals surface area (Å²) < 4.78 is 2.29. The zero-order chi connectivity index (χ0) is 22.4. The van der Waals surface area contributed by atoms with E-state index in [9.17, 15) is 4.79 Å². The molecule has 0 radical (unpaired) electrons. The molecule has 0 spiro atoms. The number of nitrogens with zero attached hydrogens (tertiary/aromatic N) is 2. The van der Waals surface area contributed by atoms with Crippen molar-refractivity contribution in [3.05, 3.63) is 95.1 Å². The van der Waals surface area contributed by atoms with Crippen molar-refractivity contribution in [2.75, 3.05) is 6.54 Å². The van der Waals surface area contributed by atoms with Gasteiger partial charge in [0.2, 0.25) is 0 Å². The van der Waals surface area contributed by atoms with E-state index >= 15 is 0 Å². The van der Waals surface area contributed by atoms with Crippen LogP contribution >= 0.6 is 0 Å². The van der Waals surface area contributed by atoms with Gasteiger partial charge in [-0.2, -0.15) is 0 Å². The summed E-state index contributed by atoms with van der Waals surface area (Å²) in [6.07, 6.45) is 0.987. The van der Waals surface area contributed by atoms with Gasteiger partial charge in [-0.1, -0.05) is 80.1 Å². The minimum Gasteiger partial charge on any atom is -0.343 e. The van der Waals surface area contributed by atoms with Crippen LogP contribution in [0.3, 0.4) is 0 Å². The molecule has 2 heterocycles. The van der Waals surface area contributed by atoms with Crippen LogP contribution in [0.4, 0.5) is 0 Å². The Morgan fingerprint density at radius 3 is 2.34 bits per heavy atom. The Labute approximate surface area is 190 Å². The van der Waals surface area contributed by atoms with Gasteiger partial charge in [-0.15, -0.1) is 0 Å². The lowest BCUT2D eigenvalue weighted by molar-refractivity contribution is 0.0742. The zero-order valence-electron chi connectivity index (χ0n) is 19.3. The van der Waals surface area contributed by atoms with E-state index in [0.29, 0.717) is 5.92 Å². The van der Waals surface area contributed by atoms with Crippen LogP contribution in [0.15, 0.2) is 72.8 Å². The molecular weight excluding hydrogens is 392 g/mol. The molecule has 5 rings (SSSR count). The number of amides is 1. The van der Waals surface area contributed by atoms with E-state index in [4.69, 9.17) is 0 Å². The molecule has 1 amide bonds. The van der Waals surface area contributed by atoms with Crippen molar-refractivity contribution in [2.24, 2.45) is 13.0 Å². The number of para-hydroxylation sites is 1. The molecular formula is C29H30N2O. The predicted molar refractivity (Wildman–Crippen MR) is 132 cm³/mol. The maximum absolute atomic E-state index is 13.5. The molecule has 1 atom stereocenters. The molecule has 0 aliphatic carbocycles. The standard InChI is InChI=1S/C29H30N2O/c1-19(2)17-18-31-28(22-9-5-6-10-23(22)29(31)32)26-24-11-7-8-12-25(24)30(4)27(26)21-15-13-20(3)14-16-21/h5-16,19,28H,17-18H2,1-4H3. The number of aromatic nitrogens is 1. The van der Waals surface area contributed by atoms with Crippen LogP contribution in [-0.2, 0) is 7.05 Å². The molecule has 3 aromatic carbocycles. The van der Waals surface area contributed by atoms with E-state index in [-0.39, 0.29) is 11.9 Å². The van der Waals surface area contributed by atoms with Gasteiger partial charge >= 0.3 is 0 Å². The Morgan fingerprint density at radius 2 is 1.59 bits per heavy atom. The maximum atomic E-state index is 13.5. The summed E-state index contributed by atoms with van der Waals surface area (Å²) in [6.45, 7) is 7.31. The zero-order valence-corrected chi connectivity index (χ0v) is 19.3. The number of carbonyl (C=O) groups is 1. The van der Waals surface area contributed by atoms with E-state index in [1.165, 1.54) is 33.3 Å². The van der Waals surface area contributed by atoms with Gasteiger partial charge in [0, 0.05) is 35.6 Å². The van der Waals surface area contributed by atoms with Crippen molar-refractivity contribution in [3.63, 3.8) is 0 Å². The minimum absolute atomic E-state index is 0.0835. The van der Waals surface area contributed by atoms with Crippen molar-refractivity contribution in [3.8, 4) is 11.3 Å². The maximum Gasteiger partial charge on any atom is 0.255 e. The Hall–Kier alpha value is -3.33. The fourth-order valence-corrected chi connectivity index (χ4v) is 5.07. The van der Waals surface area contributed by atoms with Gasteiger partial charge in [0.05, 0.1) is 11.7 Å². The van der Waals surface area contributed by atoms with Gasteiger partial charge in [0.15, 0.2) is 0 Å². The Balaban J connectivity index is 1.79. The fraction of sp³-hybridized carbons (Fsp3) is 0.276. The average molecular weight is 423 g/mol. The molecule has 162 valence electrons. The van der Waals surface area contributed by atoms with Crippen LogP contribution in [0.25, 0.3) is 22.2 Å². The van der Waals surface area contributed by atoms with Gasteiger partial charge in [0.25, 0.3) is 5.91 Å². The summed E-state index contributed by atoms with van der Waals surface area (Å²) in [5.74, 6) is 0.685. The predicted octanol–water partition coefficient (Wildman–Crippen LogP) is 6.75. The lowest BCUT2D eigenvalue weighted by atomic mass is 9.92. The molecule has 32 heavy (non-hydrogen) atoms. The molecule has 1 aliphatic heterocycles. The van der Waals surface area contributed by atoms with Crippen LogP contribution in [0.5, 0.6) is 0 Å². The van der Waals surface area contributed by atoms with Crippen molar-refractivity contribution in [1.82, 2.24) is 9.47 Å². The average Bonchev–Trinajstić information content (AvgIpc) is 3.24. The normalized spacial score (nSPS) is 15.7. The minimum atomic E-state index is -0.0835. The number of benzene rings is 3. The van der Waals surface area contributed by atoms with Crippen molar-refractivity contribution in [1.29, 1.82) is 0 Å². The molecule has 3 heteroatoms. The van der Waals surface area contributed by atoms with Gasteiger partial charge in [-0.3, -0.25) is 4.79 Å². The second-order valence-corrected chi connectivity index (χ2v) is 9.38. The first-order valence-corrected chi connectivity index (χ1v) is 11.5. The molecule has 1 aliphatic rings. The van der Waals surface area contributed by atoms with Crippen LogP contribution < -0.4 is 0 Å². The topological polar surface area (TPSA) is 25.2 Å². The summed E-state index contributed by atoms with van der Waals surface area (Å²) in [6, 6.07) is 25.4. The Bertz CT molecular complexity index is 1300. The monoisotopic (exact) mass is 422 g/mol. The fourth-order valence-electron chi connectivity index (χ4n) is 5.07. The highest BCUT2D eigenvalue weighted by atomic mass is 16.2. The summed E-state index contributed by atoms with van der Waals surface area (Å²) in [7, 11) is 2.14. The summed E-state index contributed by atoms with van der Waals surface area (Å²) >= 11 is 0. The lowest BCUT2D eigenvalue weighted by Gasteiger charge is -2.27. The molecule has 0 saturated heterocycles. The number of carbonyl (C=O) groups excluding carboxylic acids is 1. The van der Waals surface area contributed by atoms with Crippen LogP contribution in [0, 0.1) is 12.8 Å². The molecule has 0 saturated carbocycles. The Morgan fingerprint density at radius 1 is 0.906 bits per heavy atom. The van der Waals surface area contributed by atoms with Gasteiger partial charge in [-0.25, -0.2) is 0 Å². The lowest BCUT2D eigenvalue weighted by Crippen LogP contribution is -2.30. The highest BCUT2D eigenvalue weighted by Gasteiger charge is 2.40. The number of hydrogen-bond donors (Lipinski definition) is 0. The van der Waals surface area contributed by atoms with E-state index in [2.05, 4.69) is 97.9 Å². The first-order valence-electron chi connectivity index (χ1n) is 11.5. The quantitative estimate of drug-likeness (QED) is 0.349. The molecule has 4 aromatic rings. The third kappa shape index (κ3) is 3.24. The van der Waals surface area contributed by atoms with E-state index in [1.54, 1.807) is 0 Å². The molecule has 1 unspecified atom stereocenters. The number of rotatable bonds is 5. The number of hydrogen-bond acceptors (Lipinski definition) is 1. The third-order valence-corrected chi connectivity index (χ3v) is 6.75. The number of aryl methyl sites for hydroxylation is 2. The summed E-state index contributed by atoms with van der Waals surface area (Å²) in [5, 5.41) is 1.22. The van der Waals surface area contributed by atoms with Crippen LogP contribution in [0.2, 0.25) is 0 Å². The van der Waals surface area contributed by atoms with Gasteiger partial charge in [0.1, 0.15) is 0 Å². The van der Waals surface area contributed by atoms with Crippen molar-refractivity contribution >= 4 is 16.8 Å². The molecule has 0 fully saturated rings. The Kier molecular flexibility index (Phi) is 5.13. The van der Waals surface area contributed by atoms with Crippen molar-refractivity contribution in [2.45, 2.75) is 33.2 Å². The van der Waals surface area contributed by atoms with Gasteiger partial charge < -0.3 is 9.47 Å². The SMILES string of the molecule is Cc1ccc(-c2c(C3c4ccccc4C(=O)N3CCC(C)C)c3ccccc3n2C)cc1.